The molecule has 4 nitrogen and oxygen atoms in total. The van der Waals surface area contributed by atoms with Gasteiger partial charge < -0.3 is 15.0 Å². The van der Waals surface area contributed by atoms with Gasteiger partial charge in [0.1, 0.15) is 18.1 Å². The Morgan fingerprint density at radius 1 is 1.28 bits per heavy atom. The first-order valence-corrected chi connectivity index (χ1v) is 8.59. The highest BCUT2D eigenvalue weighted by Gasteiger charge is 2.35. The lowest BCUT2D eigenvalue weighted by Gasteiger charge is -2.19. The Hall–Kier alpha value is -2.40. The lowest BCUT2D eigenvalue weighted by Crippen LogP contribution is -3.13. The number of benzene rings is 2. The molecule has 0 aliphatic heterocycles. The van der Waals surface area contributed by atoms with Crippen molar-refractivity contribution in [1.82, 2.24) is 0 Å². The average molecular weight is 343 g/mol. The van der Waals surface area contributed by atoms with Crippen LogP contribution in [0.3, 0.4) is 0 Å². The molecule has 0 heterocycles. The fraction of sp³-hybridized carbons (Fsp3) is 0.350. The lowest BCUT2D eigenvalue weighted by atomic mass is 10.2. The highest BCUT2D eigenvalue weighted by atomic mass is 19.1. The molecule has 1 aliphatic rings. The number of hydrogen-bond donors (Lipinski definition) is 2. The van der Waals surface area contributed by atoms with Gasteiger partial charge in [0.25, 0.3) is 5.91 Å². The second kappa shape index (κ2) is 7.66. The van der Waals surface area contributed by atoms with E-state index < -0.39 is 0 Å². The van der Waals surface area contributed by atoms with E-state index in [1.54, 1.807) is 19.2 Å². The number of methoxy groups -OCH3 is 1. The minimum atomic E-state index is -0.207. The minimum absolute atomic E-state index is 0.0814. The molecule has 5 heteroatoms. The van der Waals surface area contributed by atoms with Gasteiger partial charge in [0, 0.05) is 18.4 Å². The van der Waals surface area contributed by atoms with Gasteiger partial charge >= 0.3 is 0 Å². The summed E-state index contributed by atoms with van der Waals surface area (Å²) in [6.07, 6.45) is 2.18. The van der Waals surface area contributed by atoms with Gasteiger partial charge in [-0.3, -0.25) is 4.79 Å². The summed E-state index contributed by atoms with van der Waals surface area (Å²) in [7, 11) is 1.58. The van der Waals surface area contributed by atoms with E-state index in [-0.39, 0.29) is 11.7 Å². The van der Waals surface area contributed by atoms with Crippen molar-refractivity contribution < 1.29 is 18.8 Å². The van der Waals surface area contributed by atoms with Crippen LogP contribution in [0.4, 0.5) is 10.1 Å². The molecule has 0 bridgehead atoms. The van der Waals surface area contributed by atoms with Crippen LogP contribution in [-0.2, 0) is 11.3 Å². The highest BCUT2D eigenvalue weighted by Crippen LogP contribution is 2.25. The van der Waals surface area contributed by atoms with Crippen LogP contribution >= 0.6 is 0 Å². The van der Waals surface area contributed by atoms with Crippen LogP contribution in [0.2, 0.25) is 0 Å². The van der Waals surface area contributed by atoms with E-state index in [4.69, 9.17) is 4.74 Å². The summed E-state index contributed by atoms with van der Waals surface area (Å²) < 4.78 is 19.2. The van der Waals surface area contributed by atoms with Crippen molar-refractivity contribution in [2.45, 2.75) is 32.4 Å². The maximum atomic E-state index is 13.9. The van der Waals surface area contributed by atoms with Crippen molar-refractivity contribution in [3.05, 3.63) is 59.4 Å². The molecular weight excluding hydrogens is 319 g/mol. The zero-order valence-corrected chi connectivity index (χ0v) is 14.6. The third-order valence-corrected chi connectivity index (χ3v) is 4.55. The summed E-state index contributed by atoms with van der Waals surface area (Å²) in [4.78, 5) is 13.6. The number of aryl methyl sites for hydroxylation is 1. The number of halogens is 1. The van der Waals surface area contributed by atoms with Crippen molar-refractivity contribution in [3.63, 3.8) is 0 Å². The molecule has 0 saturated heterocycles. The van der Waals surface area contributed by atoms with Crippen molar-refractivity contribution in [3.8, 4) is 5.75 Å². The quantitative estimate of drug-likeness (QED) is 0.810. The molecule has 2 aromatic rings. The molecule has 2 N–H and O–H groups in total. The molecule has 1 fully saturated rings. The fourth-order valence-electron chi connectivity index (χ4n) is 3.05. The van der Waals surface area contributed by atoms with Crippen LogP contribution in [0.1, 0.15) is 24.0 Å². The van der Waals surface area contributed by atoms with E-state index in [9.17, 15) is 9.18 Å². The number of hydrogen-bond acceptors (Lipinski definition) is 2. The Kier molecular flexibility index (Phi) is 5.34. The second-order valence-electron chi connectivity index (χ2n) is 6.63. The van der Waals surface area contributed by atoms with Crippen LogP contribution in [0.25, 0.3) is 0 Å². The summed E-state index contributed by atoms with van der Waals surface area (Å²) in [5, 5.41) is 2.94. The summed E-state index contributed by atoms with van der Waals surface area (Å²) >= 11 is 0. The minimum Gasteiger partial charge on any atom is -0.495 e. The molecule has 2 aromatic carbocycles. The predicted octanol–water partition coefficient (Wildman–Crippen LogP) is 2.33. The topological polar surface area (TPSA) is 42.8 Å². The van der Waals surface area contributed by atoms with Crippen LogP contribution in [0.5, 0.6) is 5.75 Å². The number of carbonyl (C=O) groups is 1. The molecule has 3 rings (SSSR count). The first kappa shape index (κ1) is 17.4. The molecule has 0 radical (unpaired) electrons. The summed E-state index contributed by atoms with van der Waals surface area (Å²) in [5.74, 6) is 0.351. The van der Waals surface area contributed by atoms with Crippen LogP contribution in [-0.4, -0.2) is 25.6 Å². The number of anilines is 1. The molecule has 0 aromatic heterocycles. The van der Waals surface area contributed by atoms with Crippen molar-refractivity contribution in [1.29, 1.82) is 0 Å². The van der Waals surface area contributed by atoms with Crippen LogP contribution in [0, 0.1) is 12.7 Å². The van der Waals surface area contributed by atoms with Gasteiger partial charge in [-0.2, -0.15) is 0 Å². The third-order valence-electron chi connectivity index (χ3n) is 4.55. The van der Waals surface area contributed by atoms with Gasteiger partial charge in [0.2, 0.25) is 0 Å². The van der Waals surface area contributed by atoms with E-state index in [1.165, 1.54) is 6.07 Å². The van der Waals surface area contributed by atoms with Gasteiger partial charge in [-0.15, -0.1) is 0 Å². The molecule has 1 unspecified atom stereocenters. The van der Waals surface area contributed by atoms with Gasteiger partial charge in [-0.05, 0) is 30.7 Å². The Balaban J connectivity index is 1.68. The number of amides is 1. The zero-order chi connectivity index (χ0) is 17.8. The number of nitrogens with one attached hydrogen (secondary N) is 2. The largest absolute Gasteiger partial charge is 0.495 e. The Morgan fingerprint density at radius 2 is 2.04 bits per heavy atom. The van der Waals surface area contributed by atoms with Crippen LogP contribution in [0.15, 0.2) is 42.5 Å². The molecule has 1 saturated carbocycles. The predicted molar refractivity (Wildman–Crippen MR) is 95.3 cm³/mol. The van der Waals surface area contributed by atoms with Crippen molar-refractivity contribution in [2.75, 3.05) is 19.0 Å². The maximum Gasteiger partial charge on any atom is 0.279 e. The van der Waals surface area contributed by atoms with E-state index >= 15 is 0 Å². The summed E-state index contributed by atoms with van der Waals surface area (Å²) in [6, 6.07) is 12.9. The summed E-state index contributed by atoms with van der Waals surface area (Å²) in [6.45, 7) is 2.81. The van der Waals surface area contributed by atoms with Gasteiger partial charge in [-0.25, -0.2) is 4.39 Å². The standard InChI is InChI=1S/C20H23FN2O2/c1-14-7-10-19(25-2)18(11-14)22-20(24)13-23(16-8-9-16)12-15-5-3-4-6-17(15)21/h3-7,10-11,16H,8-9,12-13H2,1-2H3,(H,22,24)/p+1. The number of ether oxygens (including phenoxy) is 1. The van der Waals surface area contributed by atoms with E-state index in [0.717, 1.165) is 23.3 Å². The highest BCUT2D eigenvalue weighted by molar-refractivity contribution is 5.93. The first-order chi connectivity index (χ1) is 12.1. The monoisotopic (exact) mass is 343 g/mol. The van der Waals surface area contributed by atoms with E-state index in [0.29, 0.717) is 36.1 Å². The summed E-state index contributed by atoms with van der Waals surface area (Å²) in [5.41, 5.74) is 2.38. The van der Waals surface area contributed by atoms with Gasteiger partial charge in [0.05, 0.1) is 18.8 Å². The first-order valence-electron chi connectivity index (χ1n) is 8.59. The Labute approximate surface area is 147 Å². The van der Waals surface area contributed by atoms with E-state index in [2.05, 4.69) is 5.32 Å². The molecule has 1 aliphatic carbocycles. The number of rotatable bonds is 7. The van der Waals surface area contributed by atoms with Crippen LogP contribution < -0.4 is 15.0 Å². The second-order valence-corrected chi connectivity index (χ2v) is 6.63. The number of carbonyl (C=O) groups excluding carboxylic acids is 1. The van der Waals surface area contributed by atoms with E-state index in [1.807, 2.05) is 31.2 Å². The Bertz CT molecular complexity index is 759. The SMILES string of the molecule is COc1ccc(C)cc1NC(=O)C[NH+](Cc1ccccc1F)C1CC1. The third kappa shape index (κ3) is 4.57. The molecule has 0 spiro atoms. The smallest absolute Gasteiger partial charge is 0.279 e. The fourth-order valence-corrected chi connectivity index (χ4v) is 3.05. The van der Waals surface area contributed by atoms with Gasteiger partial charge in [-0.1, -0.05) is 24.3 Å². The Morgan fingerprint density at radius 3 is 2.72 bits per heavy atom. The normalized spacial score (nSPS) is 14.8. The molecule has 25 heavy (non-hydrogen) atoms. The number of quaternary nitrogens is 1. The zero-order valence-electron chi connectivity index (χ0n) is 14.6. The average Bonchev–Trinajstić information content (AvgIpc) is 3.41. The molecular formula is C20H24FN2O2+. The van der Waals surface area contributed by atoms with Crippen molar-refractivity contribution >= 4 is 11.6 Å². The molecule has 132 valence electrons. The lowest BCUT2D eigenvalue weighted by molar-refractivity contribution is -0.917. The van der Waals surface area contributed by atoms with Gasteiger partial charge in [0.15, 0.2) is 6.54 Å². The maximum absolute atomic E-state index is 13.9. The molecule has 1 amide bonds. The molecule has 1 atom stereocenters. The van der Waals surface area contributed by atoms with Crippen molar-refractivity contribution in [2.24, 2.45) is 0 Å².